The minimum atomic E-state index is 0.181. The topological polar surface area (TPSA) is 47.3 Å². The molecule has 22 heavy (non-hydrogen) atoms. The van der Waals surface area contributed by atoms with Crippen LogP contribution in [0.2, 0.25) is 0 Å². The molecule has 0 saturated carbocycles. The second-order valence-corrected chi connectivity index (χ2v) is 7.22. The van der Waals surface area contributed by atoms with E-state index < -0.39 is 0 Å². The number of rotatable bonds is 4. The van der Waals surface area contributed by atoms with Crippen LogP contribution in [0.1, 0.15) is 50.7 Å². The summed E-state index contributed by atoms with van der Waals surface area (Å²) in [4.78, 5) is 2.64. The van der Waals surface area contributed by atoms with E-state index in [-0.39, 0.29) is 5.41 Å². The summed E-state index contributed by atoms with van der Waals surface area (Å²) in [6.07, 6.45) is 5.05. The Morgan fingerprint density at radius 3 is 3.00 bits per heavy atom. The molecule has 1 heterocycles. The van der Waals surface area contributed by atoms with Gasteiger partial charge in [0, 0.05) is 12.5 Å². The molecule has 0 unspecified atom stereocenters. The van der Waals surface area contributed by atoms with Crippen molar-refractivity contribution in [2.75, 3.05) is 13.1 Å². The van der Waals surface area contributed by atoms with Crippen LogP contribution in [-0.4, -0.2) is 29.1 Å². The SMILES string of the molecule is C[C@H]1[C@@H]2Cc3ccc(O)cc3[C@@]1(C)CCN2CCCCC#N. The third-order valence-corrected chi connectivity index (χ3v) is 6.09. The lowest BCUT2D eigenvalue weighted by Gasteiger charge is -2.54. The molecule has 3 rings (SSSR count). The number of nitriles is 1. The van der Waals surface area contributed by atoms with Crippen LogP contribution < -0.4 is 0 Å². The standard InChI is InChI=1S/C19H26N2O/c1-14-18-12-15-6-7-16(22)13-17(15)19(14,2)8-11-21(18)10-5-3-4-9-20/h6-7,13-14,18,22H,3-5,8,10-12H2,1-2H3/t14-,18-,19-/m0/s1. The zero-order valence-electron chi connectivity index (χ0n) is 13.7. The Morgan fingerprint density at radius 1 is 1.41 bits per heavy atom. The summed E-state index contributed by atoms with van der Waals surface area (Å²) >= 11 is 0. The van der Waals surface area contributed by atoms with Gasteiger partial charge in [-0.15, -0.1) is 0 Å². The maximum atomic E-state index is 9.87. The number of hydrogen-bond acceptors (Lipinski definition) is 3. The van der Waals surface area contributed by atoms with Crippen LogP contribution in [0.4, 0.5) is 0 Å². The molecule has 3 heteroatoms. The minimum Gasteiger partial charge on any atom is -0.508 e. The summed E-state index contributed by atoms with van der Waals surface area (Å²) in [7, 11) is 0. The Morgan fingerprint density at radius 2 is 2.23 bits per heavy atom. The number of phenols is 1. The molecule has 1 aliphatic carbocycles. The van der Waals surface area contributed by atoms with Crippen molar-refractivity contribution in [1.82, 2.24) is 4.90 Å². The number of likely N-dealkylation sites (tertiary alicyclic amines) is 1. The van der Waals surface area contributed by atoms with Crippen LogP contribution in [0.3, 0.4) is 0 Å². The first kappa shape index (κ1) is 15.4. The van der Waals surface area contributed by atoms with Crippen LogP contribution >= 0.6 is 0 Å². The van der Waals surface area contributed by atoms with Gasteiger partial charge in [-0.2, -0.15) is 5.26 Å². The largest absolute Gasteiger partial charge is 0.508 e. The van der Waals surface area contributed by atoms with Crippen molar-refractivity contribution in [2.45, 2.75) is 57.4 Å². The lowest BCUT2D eigenvalue weighted by atomic mass is 9.59. The highest BCUT2D eigenvalue weighted by Crippen LogP contribution is 2.49. The molecule has 1 aliphatic heterocycles. The molecule has 1 N–H and O–H groups in total. The molecular weight excluding hydrogens is 272 g/mol. The second-order valence-electron chi connectivity index (χ2n) is 7.22. The lowest BCUT2D eigenvalue weighted by molar-refractivity contribution is 0.0304. The molecule has 1 saturated heterocycles. The first-order valence-electron chi connectivity index (χ1n) is 8.49. The highest BCUT2D eigenvalue weighted by molar-refractivity contribution is 5.44. The molecule has 1 fully saturated rings. The Balaban J connectivity index is 1.80. The normalized spacial score (nSPS) is 30.6. The number of nitrogens with zero attached hydrogens (tertiary/aromatic N) is 2. The van der Waals surface area contributed by atoms with E-state index in [0.29, 0.717) is 24.1 Å². The summed E-state index contributed by atoms with van der Waals surface area (Å²) in [6.45, 7) is 6.99. The van der Waals surface area contributed by atoms with Crippen molar-refractivity contribution >= 4 is 0 Å². The monoisotopic (exact) mass is 298 g/mol. The molecule has 2 bridgehead atoms. The number of fused-ring (bicyclic) bond motifs is 4. The van der Waals surface area contributed by atoms with Gasteiger partial charge >= 0.3 is 0 Å². The molecule has 0 radical (unpaired) electrons. The number of aromatic hydroxyl groups is 1. The fraction of sp³-hybridized carbons (Fsp3) is 0.632. The average molecular weight is 298 g/mol. The van der Waals surface area contributed by atoms with Gasteiger partial charge in [-0.25, -0.2) is 0 Å². The van der Waals surface area contributed by atoms with E-state index in [1.54, 1.807) is 0 Å². The van der Waals surface area contributed by atoms with Gasteiger partial charge in [0.15, 0.2) is 0 Å². The van der Waals surface area contributed by atoms with Crippen LogP contribution in [0.15, 0.2) is 18.2 Å². The maximum Gasteiger partial charge on any atom is 0.115 e. The zero-order valence-corrected chi connectivity index (χ0v) is 13.7. The molecule has 1 aromatic rings. The minimum absolute atomic E-state index is 0.181. The number of benzene rings is 1. The first-order chi connectivity index (χ1) is 10.6. The van der Waals surface area contributed by atoms with E-state index in [4.69, 9.17) is 5.26 Å². The quantitative estimate of drug-likeness (QED) is 0.864. The Bertz CT molecular complexity index is 592. The number of unbranched alkanes of at least 4 members (excludes halogenated alkanes) is 2. The molecular formula is C19H26N2O. The van der Waals surface area contributed by atoms with Gasteiger partial charge in [0.05, 0.1) is 6.07 Å². The summed E-state index contributed by atoms with van der Waals surface area (Å²) < 4.78 is 0. The predicted octanol–water partition coefficient (Wildman–Crippen LogP) is 3.61. The summed E-state index contributed by atoms with van der Waals surface area (Å²) in [5.74, 6) is 0.996. The number of hydrogen-bond donors (Lipinski definition) is 1. The molecule has 3 nitrogen and oxygen atoms in total. The van der Waals surface area contributed by atoms with Crippen molar-refractivity contribution in [3.63, 3.8) is 0 Å². The number of piperidine rings is 1. The fourth-order valence-corrected chi connectivity index (χ4v) is 4.49. The van der Waals surface area contributed by atoms with Crippen molar-refractivity contribution in [1.29, 1.82) is 5.26 Å². The second kappa shape index (κ2) is 5.93. The Hall–Kier alpha value is -1.53. The van der Waals surface area contributed by atoms with Crippen LogP contribution in [-0.2, 0) is 11.8 Å². The molecule has 118 valence electrons. The molecule has 1 aromatic carbocycles. The highest BCUT2D eigenvalue weighted by Gasteiger charge is 2.48. The van der Waals surface area contributed by atoms with E-state index in [9.17, 15) is 5.11 Å². The van der Waals surface area contributed by atoms with E-state index in [2.05, 4.69) is 30.9 Å². The van der Waals surface area contributed by atoms with Gasteiger partial charge in [-0.1, -0.05) is 19.9 Å². The number of phenolic OH excluding ortho intramolecular Hbond substituents is 1. The Kier molecular flexibility index (Phi) is 4.14. The highest BCUT2D eigenvalue weighted by atomic mass is 16.3. The van der Waals surface area contributed by atoms with Crippen LogP contribution in [0, 0.1) is 17.2 Å². The van der Waals surface area contributed by atoms with Crippen molar-refractivity contribution in [3.05, 3.63) is 29.3 Å². The molecule has 2 aliphatic rings. The van der Waals surface area contributed by atoms with E-state index in [1.807, 2.05) is 12.1 Å². The Labute approximate surface area is 133 Å². The van der Waals surface area contributed by atoms with Crippen molar-refractivity contribution < 1.29 is 5.11 Å². The average Bonchev–Trinajstić information content (AvgIpc) is 2.50. The molecule has 0 aromatic heterocycles. The van der Waals surface area contributed by atoms with Crippen molar-refractivity contribution in [3.8, 4) is 11.8 Å². The molecule has 0 spiro atoms. The third kappa shape index (κ3) is 2.50. The summed E-state index contributed by atoms with van der Waals surface area (Å²) in [6, 6.07) is 8.76. The fourth-order valence-electron chi connectivity index (χ4n) is 4.49. The maximum absolute atomic E-state index is 9.87. The lowest BCUT2D eigenvalue weighted by Crippen LogP contribution is -2.58. The van der Waals surface area contributed by atoms with Crippen molar-refractivity contribution in [2.24, 2.45) is 5.92 Å². The first-order valence-corrected chi connectivity index (χ1v) is 8.49. The smallest absolute Gasteiger partial charge is 0.115 e. The zero-order chi connectivity index (χ0) is 15.7. The van der Waals surface area contributed by atoms with Gasteiger partial charge in [0.2, 0.25) is 0 Å². The molecule has 3 atom stereocenters. The molecule has 0 amide bonds. The summed E-state index contributed by atoms with van der Waals surface area (Å²) in [5, 5.41) is 18.5. The van der Waals surface area contributed by atoms with Crippen LogP contribution in [0.25, 0.3) is 0 Å². The van der Waals surface area contributed by atoms with Gasteiger partial charge in [-0.3, -0.25) is 4.90 Å². The third-order valence-electron chi connectivity index (χ3n) is 6.09. The van der Waals surface area contributed by atoms with Gasteiger partial charge in [0.1, 0.15) is 5.75 Å². The van der Waals surface area contributed by atoms with Crippen LogP contribution in [0.5, 0.6) is 5.75 Å². The summed E-state index contributed by atoms with van der Waals surface area (Å²) in [5.41, 5.74) is 2.95. The van der Waals surface area contributed by atoms with E-state index in [0.717, 1.165) is 38.8 Å². The van der Waals surface area contributed by atoms with Gasteiger partial charge in [0.25, 0.3) is 0 Å². The van der Waals surface area contributed by atoms with E-state index >= 15 is 0 Å². The predicted molar refractivity (Wildman–Crippen MR) is 87.8 cm³/mol. The van der Waals surface area contributed by atoms with E-state index in [1.165, 1.54) is 11.1 Å². The van der Waals surface area contributed by atoms with Gasteiger partial charge < -0.3 is 5.11 Å². The van der Waals surface area contributed by atoms with Gasteiger partial charge in [-0.05, 0) is 73.4 Å².